The van der Waals surface area contributed by atoms with Gasteiger partial charge in [0.15, 0.2) is 0 Å². The first kappa shape index (κ1) is 14.1. The number of nitrogens with two attached hydrogens (primary N) is 1. The number of benzene rings is 1. The van der Waals surface area contributed by atoms with Crippen molar-refractivity contribution in [2.75, 3.05) is 24.3 Å². The molecule has 1 heterocycles. The van der Waals surface area contributed by atoms with Gasteiger partial charge < -0.3 is 15.0 Å². The molecule has 19 heavy (non-hydrogen) atoms. The van der Waals surface area contributed by atoms with Gasteiger partial charge in [-0.1, -0.05) is 6.07 Å². The molecule has 2 aromatic rings. The molecule has 0 bridgehead atoms. The van der Waals surface area contributed by atoms with Crippen molar-refractivity contribution >= 4 is 28.7 Å². The normalized spacial score (nSPS) is 12.8. The molecule has 0 fully saturated rings. The van der Waals surface area contributed by atoms with E-state index in [4.69, 9.17) is 10.5 Å². The quantitative estimate of drug-likeness (QED) is 0.881. The lowest BCUT2D eigenvalue weighted by atomic mass is 10.2. The highest BCUT2D eigenvalue weighted by molar-refractivity contribution is 7.98. The maximum absolute atomic E-state index is 6.08. The van der Waals surface area contributed by atoms with Crippen LogP contribution in [0.3, 0.4) is 0 Å². The Kier molecular flexibility index (Phi) is 4.58. The monoisotopic (exact) mass is 279 g/mol. The van der Waals surface area contributed by atoms with Crippen molar-refractivity contribution in [2.24, 2.45) is 0 Å². The van der Waals surface area contributed by atoms with Crippen LogP contribution >= 0.6 is 11.8 Å². The van der Waals surface area contributed by atoms with Crippen LogP contribution in [0.15, 0.2) is 18.2 Å². The Balaban J connectivity index is 2.44. The smallest absolute Gasteiger partial charge is 0.201 e. The second kappa shape index (κ2) is 6.19. The highest BCUT2D eigenvalue weighted by atomic mass is 32.2. The van der Waals surface area contributed by atoms with E-state index >= 15 is 0 Å². The van der Waals surface area contributed by atoms with Crippen LogP contribution in [0, 0.1) is 0 Å². The van der Waals surface area contributed by atoms with Crippen molar-refractivity contribution in [1.29, 1.82) is 0 Å². The summed E-state index contributed by atoms with van der Waals surface area (Å²) >= 11 is 1.85. The minimum atomic E-state index is 0.342. The predicted octanol–water partition coefficient (Wildman–Crippen LogP) is 3.33. The average Bonchev–Trinajstić information content (AvgIpc) is 2.73. The molecule has 4 nitrogen and oxygen atoms in total. The molecule has 0 aliphatic carbocycles. The Morgan fingerprint density at radius 1 is 1.47 bits per heavy atom. The molecule has 2 N–H and O–H groups in total. The van der Waals surface area contributed by atoms with Crippen LogP contribution in [-0.2, 0) is 0 Å². The molecule has 0 radical (unpaired) electrons. The van der Waals surface area contributed by atoms with Gasteiger partial charge in [-0.3, -0.25) is 0 Å². The number of hydrogen-bond donors (Lipinski definition) is 1. The summed E-state index contributed by atoms with van der Waals surface area (Å²) in [6, 6.07) is 6.33. The largest absolute Gasteiger partial charge is 0.492 e. The summed E-state index contributed by atoms with van der Waals surface area (Å²) in [4.78, 5) is 4.47. The Bertz CT molecular complexity index is 553. The first-order valence-electron chi connectivity index (χ1n) is 6.57. The van der Waals surface area contributed by atoms with Crippen LogP contribution in [0.5, 0.6) is 5.75 Å². The summed E-state index contributed by atoms with van der Waals surface area (Å²) < 4.78 is 7.72. The molecule has 0 aliphatic heterocycles. The molecule has 1 unspecified atom stereocenters. The number of fused-ring (bicyclic) bond motifs is 1. The number of imidazole rings is 1. The molecule has 1 aromatic carbocycles. The van der Waals surface area contributed by atoms with Gasteiger partial charge in [-0.2, -0.15) is 11.8 Å². The molecular formula is C14H21N3OS. The SMILES string of the molecule is CCOc1cccc2c1nc(N)n2C(C)CCSC. The Labute approximate surface area is 118 Å². The van der Waals surface area contributed by atoms with Gasteiger partial charge in [0.2, 0.25) is 5.95 Å². The van der Waals surface area contributed by atoms with Crippen LogP contribution in [-0.4, -0.2) is 28.2 Å². The Morgan fingerprint density at radius 3 is 2.95 bits per heavy atom. The van der Waals surface area contributed by atoms with Gasteiger partial charge in [0, 0.05) is 6.04 Å². The number of hydrogen-bond acceptors (Lipinski definition) is 4. The number of rotatable bonds is 6. The molecule has 0 saturated carbocycles. The van der Waals surface area contributed by atoms with E-state index in [0.717, 1.165) is 29.0 Å². The summed E-state index contributed by atoms with van der Waals surface area (Å²) in [6.07, 6.45) is 3.20. The number of ether oxygens (including phenoxy) is 1. The van der Waals surface area contributed by atoms with Crippen LogP contribution in [0.25, 0.3) is 11.0 Å². The molecule has 0 spiro atoms. The Hall–Kier alpha value is -1.36. The molecule has 1 aromatic heterocycles. The van der Waals surface area contributed by atoms with Crippen molar-refractivity contribution < 1.29 is 4.74 Å². The van der Waals surface area contributed by atoms with Crippen molar-refractivity contribution in [1.82, 2.24) is 9.55 Å². The molecule has 0 saturated heterocycles. The summed E-state index contributed by atoms with van der Waals surface area (Å²) in [5.41, 5.74) is 7.99. The number of anilines is 1. The molecule has 0 amide bonds. The van der Waals surface area contributed by atoms with Gasteiger partial charge in [-0.15, -0.1) is 0 Å². The number of thioether (sulfide) groups is 1. The van der Waals surface area contributed by atoms with Gasteiger partial charge in [0.1, 0.15) is 11.3 Å². The molecule has 2 rings (SSSR count). The molecule has 5 heteroatoms. The van der Waals surface area contributed by atoms with E-state index in [-0.39, 0.29) is 0 Å². The highest BCUT2D eigenvalue weighted by Crippen LogP contribution is 2.30. The second-order valence-electron chi connectivity index (χ2n) is 4.53. The minimum Gasteiger partial charge on any atom is -0.492 e. The van der Waals surface area contributed by atoms with E-state index in [1.54, 1.807) is 0 Å². The van der Waals surface area contributed by atoms with Crippen LogP contribution in [0.1, 0.15) is 26.3 Å². The van der Waals surface area contributed by atoms with Crippen LogP contribution in [0.4, 0.5) is 5.95 Å². The van der Waals surface area contributed by atoms with Crippen molar-refractivity contribution in [3.63, 3.8) is 0 Å². The first-order chi connectivity index (χ1) is 9.19. The molecule has 1 atom stereocenters. The van der Waals surface area contributed by atoms with E-state index in [2.05, 4.69) is 28.8 Å². The summed E-state index contributed by atoms with van der Waals surface area (Å²) in [7, 11) is 0. The van der Waals surface area contributed by atoms with Crippen molar-refractivity contribution in [3.8, 4) is 5.75 Å². The van der Waals surface area contributed by atoms with Crippen LogP contribution < -0.4 is 10.5 Å². The number of para-hydroxylation sites is 1. The highest BCUT2D eigenvalue weighted by Gasteiger charge is 2.16. The van der Waals surface area contributed by atoms with Gasteiger partial charge in [0.05, 0.1) is 12.1 Å². The van der Waals surface area contributed by atoms with E-state index in [1.807, 2.05) is 30.8 Å². The number of aromatic nitrogens is 2. The summed E-state index contributed by atoms with van der Waals surface area (Å²) in [5, 5.41) is 0. The van der Waals surface area contributed by atoms with Gasteiger partial charge in [-0.25, -0.2) is 4.98 Å². The van der Waals surface area contributed by atoms with E-state index in [9.17, 15) is 0 Å². The van der Waals surface area contributed by atoms with Gasteiger partial charge >= 0.3 is 0 Å². The fourth-order valence-corrected chi connectivity index (χ4v) is 2.84. The summed E-state index contributed by atoms with van der Waals surface area (Å²) in [5.74, 6) is 2.49. The zero-order chi connectivity index (χ0) is 13.8. The third-order valence-corrected chi connectivity index (χ3v) is 3.83. The standard InChI is InChI=1S/C14H21N3OS/c1-4-18-12-7-5-6-11-13(12)16-14(15)17(11)10(2)8-9-19-3/h5-7,10H,4,8-9H2,1-3H3,(H2,15,16). The fraction of sp³-hybridized carbons (Fsp3) is 0.500. The Morgan fingerprint density at radius 2 is 2.26 bits per heavy atom. The topological polar surface area (TPSA) is 53.1 Å². The molecule has 0 aliphatic rings. The lowest BCUT2D eigenvalue weighted by Crippen LogP contribution is -2.09. The van der Waals surface area contributed by atoms with E-state index < -0.39 is 0 Å². The van der Waals surface area contributed by atoms with Gasteiger partial charge in [0.25, 0.3) is 0 Å². The minimum absolute atomic E-state index is 0.342. The number of nitrogens with zero attached hydrogens (tertiary/aromatic N) is 2. The lowest BCUT2D eigenvalue weighted by Gasteiger charge is -2.15. The maximum Gasteiger partial charge on any atom is 0.201 e. The van der Waals surface area contributed by atoms with Crippen molar-refractivity contribution in [3.05, 3.63) is 18.2 Å². The fourth-order valence-electron chi connectivity index (χ4n) is 2.26. The van der Waals surface area contributed by atoms with E-state index in [1.165, 1.54) is 0 Å². The summed E-state index contributed by atoms with van der Waals surface area (Å²) in [6.45, 7) is 4.79. The molecular weight excluding hydrogens is 258 g/mol. The zero-order valence-electron chi connectivity index (χ0n) is 11.7. The third kappa shape index (κ3) is 2.81. The number of nitrogen functional groups attached to an aromatic ring is 1. The molecule has 104 valence electrons. The van der Waals surface area contributed by atoms with Crippen molar-refractivity contribution in [2.45, 2.75) is 26.3 Å². The van der Waals surface area contributed by atoms with E-state index in [0.29, 0.717) is 18.6 Å². The average molecular weight is 279 g/mol. The van der Waals surface area contributed by atoms with Crippen LogP contribution in [0.2, 0.25) is 0 Å². The zero-order valence-corrected chi connectivity index (χ0v) is 12.5. The lowest BCUT2D eigenvalue weighted by molar-refractivity contribution is 0.343. The van der Waals surface area contributed by atoms with Gasteiger partial charge in [-0.05, 0) is 44.4 Å². The second-order valence-corrected chi connectivity index (χ2v) is 5.51. The predicted molar refractivity (Wildman–Crippen MR) is 83.0 cm³/mol. The first-order valence-corrected chi connectivity index (χ1v) is 7.96. The third-order valence-electron chi connectivity index (χ3n) is 3.19. The maximum atomic E-state index is 6.08.